The highest BCUT2D eigenvalue weighted by molar-refractivity contribution is 6.06. The Labute approximate surface area is 112 Å². The summed E-state index contributed by atoms with van der Waals surface area (Å²) in [5.74, 6) is 0.778. The molecule has 0 spiro atoms. The van der Waals surface area contributed by atoms with Crippen molar-refractivity contribution < 1.29 is 9.53 Å². The number of benzene rings is 1. The molecule has 5 heteroatoms. The number of carbonyl (C=O) groups excluding carboxylic acids is 1. The van der Waals surface area contributed by atoms with Crippen LogP contribution in [0.4, 0.5) is 11.4 Å². The first kappa shape index (κ1) is 12.0. The van der Waals surface area contributed by atoms with Crippen LogP contribution in [0.1, 0.15) is 32.8 Å². The monoisotopic (exact) mass is 259 g/mol. The van der Waals surface area contributed by atoms with Crippen LogP contribution >= 0.6 is 0 Å². The quantitative estimate of drug-likeness (QED) is 0.887. The maximum atomic E-state index is 11.9. The van der Waals surface area contributed by atoms with Gasteiger partial charge in [0.25, 0.3) is 0 Å². The predicted octanol–water partition coefficient (Wildman–Crippen LogP) is 2.43. The number of fused-ring (bicyclic) bond motifs is 1. The summed E-state index contributed by atoms with van der Waals surface area (Å²) in [6.07, 6.45) is 0.783. The summed E-state index contributed by atoms with van der Waals surface area (Å²) in [4.78, 5) is 11.9. The molecule has 0 fully saturated rings. The molecule has 1 amide bonds. The second kappa shape index (κ2) is 3.98. The zero-order chi connectivity index (χ0) is 13.6. The minimum absolute atomic E-state index is 0.0371. The maximum absolute atomic E-state index is 11.9. The van der Waals surface area contributed by atoms with Gasteiger partial charge in [-0.2, -0.15) is 0 Å². The van der Waals surface area contributed by atoms with Gasteiger partial charge in [0.15, 0.2) is 6.73 Å². The summed E-state index contributed by atoms with van der Waals surface area (Å²) in [7, 11) is 0. The van der Waals surface area contributed by atoms with Crippen molar-refractivity contribution in [1.82, 2.24) is 0 Å². The number of anilines is 2. The van der Waals surface area contributed by atoms with Gasteiger partial charge < -0.3 is 10.1 Å². The first-order valence-electron chi connectivity index (χ1n) is 6.46. The Balaban J connectivity index is 1.95. The van der Waals surface area contributed by atoms with Crippen molar-refractivity contribution in [2.75, 3.05) is 17.1 Å². The summed E-state index contributed by atoms with van der Waals surface area (Å²) in [6, 6.07) is 5.92. The standard InChI is InChI=1S/C14H17N3O2/c1-4-12-16-17(8-19-12)9-5-6-10-11(7-9)15-13(18)14(10,2)3/h5-7H,4,8H2,1-3H3,(H,15,18). The van der Waals surface area contributed by atoms with E-state index in [4.69, 9.17) is 4.74 Å². The second-order valence-electron chi connectivity index (χ2n) is 5.33. The molecule has 0 radical (unpaired) electrons. The average Bonchev–Trinajstić information content (AvgIpc) is 2.94. The largest absolute Gasteiger partial charge is 0.456 e. The van der Waals surface area contributed by atoms with Gasteiger partial charge in [0.1, 0.15) is 0 Å². The lowest BCUT2D eigenvalue weighted by atomic mass is 9.86. The van der Waals surface area contributed by atoms with E-state index in [-0.39, 0.29) is 5.91 Å². The molecule has 19 heavy (non-hydrogen) atoms. The van der Waals surface area contributed by atoms with Gasteiger partial charge >= 0.3 is 0 Å². The zero-order valence-electron chi connectivity index (χ0n) is 11.4. The Bertz CT molecular complexity index is 578. The molecule has 2 aliphatic rings. The molecule has 0 bridgehead atoms. The van der Waals surface area contributed by atoms with E-state index in [0.717, 1.165) is 29.3 Å². The van der Waals surface area contributed by atoms with Gasteiger partial charge in [0.2, 0.25) is 11.8 Å². The minimum Gasteiger partial charge on any atom is -0.456 e. The van der Waals surface area contributed by atoms with E-state index < -0.39 is 5.41 Å². The van der Waals surface area contributed by atoms with Gasteiger partial charge in [-0.1, -0.05) is 13.0 Å². The van der Waals surface area contributed by atoms with E-state index in [1.165, 1.54) is 0 Å². The molecule has 5 nitrogen and oxygen atoms in total. The number of carbonyl (C=O) groups is 1. The van der Waals surface area contributed by atoms with Crippen LogP contribution in [-0.2, 0) is 14.9 Å². The van der Waals surface area contributed by atoms with Gasteiger partial charge in [0, 0.05) is 12.1 Å². The summed E-state index contributed by atoms with van der Waals surface area (Å²) < 4.78 is 5.44. The summed E-state index contributed by atoms with van der Waals surface area (Å²) in [6.45, 7) is 6.30. The number of rotatable bonds is 2. The number of ether oxygens (including phenoxy) is 1. The number of hydrogen-bond donors (Lipinski definition) is 1. The molecule has 1 N–H and O–H groups in total. The van der Waals surface area contributed by atoms with Gasteiger partial charge in [0.05, 0.1) is 11.1 Å². The van der Waals surface area contributed by atoms with E-state index in [0.29, 0.717) is 6.73 Å². The molecule has 100 valence electrons. The Hall–Kier alpha value is -2.04. The molecule has 0 atom stereocenters. The number of nitrogens with zero attached hydrogens (tertiary/aromatic N) is 2. The number of hydrazone groups is 1. The maximum Gasteiger partial charge on any atom is 0.234 e. The number of hydrogen-bond acceptors (Lipinski definition) is 4. The highest BCUT2D eigenvalue weighted by atomic mass is 16.5. The zero-order valence-corrected chi connectivity index (χ0v) is 11.4. The highest BCUT2D eigenvalue weighted by Crippen LogP contribution is 2.39. The van der Waals surface area contributed by atoms with Crippen LogP contribution in [0.25, 0.3) is 0 Å². The lowest BCUT2D eigenvalue weighted by Gasteiger charge is -2.16. The lowest BCUT2D eigenvalue weighted by molar-refractivity contribution is -0.119. The van der Waals surface area contributed by atoms with Crippen molar-refractivity contribution in [2.24, 2.45) is 5.10 Å². The van der Waals surface area contributed by atoms with Crippen molar-refractivity contribution in [3.8, 4) is 0 Å². The molecule has 1 aromatic carbocycles. The van der Waals surface area contributed by atoms with E-state index in [1.807, 2.05) is 39.0 Å². The topological polar surface area (TPSA) is 53.9 Å². The molecule has 1 aromatic rings. The van der Waals surface area contributed by atoms with Crippen molar-refractivity contribution in [3.05, 3.63) is 23.8 Å². The van der Waals surface area contributed by atoms with Crippen LogP contribution in [0.15, 0.2) is 23.3 Å². The Morgan fingerprint density at radius 2 is 2.26 bits per heavy atom. The van der Waals surface area contributed by atoms with Gasteiger partial charge in [-0.15, -0.1) is 5.10 Å². The van der Waals surface area contributed by atoms with E-state index in [9.17, 15) is 4.79 Å². The molecule has 0 saturated carbocycles. The average molecular weight is 259 g/mol. The molecule has 2 heterocycles. The molecule has 0 aliphatic carbocycles. The summed E-state index contributed by atoms with van der Waals surface area (Å²) in [5, 5.41) is 9.10. The van der Waals surface area contributed by atoms with Gasteiger partial charge in [-0.3, -0.25) is 4.79 Å². The lowest BCUT2D eigenvalue weighted by Crippen LogP contribution is -2.26. The molecular formula is C14H17N3O2. The van der Waals surface area contributed by atoms with E-state index in [1.54, 1.807) is 5.01 Å². The molecule has 0 unspecified atom stereocenters. The van der Waals surface area contributed by atoms with Crippen molar-refractivity contribution in [1.29, 1.82) is 0 Å². The Morgan fingerprint density at radius 1 is 1.47 bits per heavy atom. The van der Waals surface area contributed by atoms with Crippen LogP contribution in [-0.4, -0.2) is 18.5 Å². The van der Waals surface area contributed by atoms with Crippen LogP contribution < -0.4 is 10.3 Å². The third-order valence-electron chi connectivity index (χ3n) is 3.68. The molecule has 2 aliphatic heterocycles. The molecule has 3 rings (SSSR count). The first-order chi connectivity index (χ1) is 9.02. The Morgan fingerprint density at radius 3 is 2.95 bits per heavy atom. The third-order valence-corrected chi connectivity index (χ3v) is 3.68. The predicted molar refractivity (Wildman–Crippen MR) is 74.3 cm³/mol. The van der Waals surface area contributed by atoms with Crippen molar-refractivity contribution >= 4 is 23.2 Å². The molecule has 0 saturated heterocycles. The van der Waals surface area contributed by atoms with Crippen LogP contribution in [0.5, 0.6) is 0 Å². The van der Waals surface area contributed by atoms with Crippen LogP contribution in [0.3, 0.4) is 0 Å². The fourth-order valence-corrected chi connectivity index (χ4v) is 2.38. The van der Waals surface area contributed by atoms with Gasteiger partial charge in [-0.25, -0.2) is 5.01 Å². The molecule has 0 aromatic heterocycles. The smallest absolute Gasteiger partial charge is 0.234 e. The van der Waals surface area contributed by atoms with Crippen molar-refractivity contribution in [2.45, 2.75) is 32.6 Å². The molecular weight excluding hydrogens is 242 g/mol. The normalized spacial score (nSPS) is 19.8. The minimum atomic E-state index is -0.465. The fraction of sp³-hybridized carbons (Fsp3) is 0.429. The van der Waals surface area contributed by atoms with Crippen LogP contribution in [0, 0.1) is 0 Å². The first-order valence-corrected chi connectivity index (χ1v) is 6.46. The van der Waals surface area contributed by atoms with Crippen LogP contribution in [0.2, 0.25) is 0 Å². The highest BCUT2D eigenvalue weighted by Gasteiger charge is 2.38. The summed E-state index contributed by atoms with van der Waals surface area (Å²) >= 11 is 0. The van der Waals surface area contributed by atoms with E-state index in [2.05, 4.69) is 10.4 Å². The fourth-order valence-electron chi connectivity index (χ4n) is 2.38. The van der Waals surface area contributed by atoms with E-state index >= 15 is 0 Å². The van der Waals surface area contributed by atoms with Gasteiger partial charge in [-0.05, 0) is 31.5 Å². The number of amides is 1. The number of nitrogens with one attached hydrogen (secondary N) is 1. The SMILES string of the molecule is CCC1=NN(c2ccc3c(c2)NC(=O)C3(C)C)CO1. The van der Waals surface area contributed by atoms with Crippen molar-refractivity contribution in [3.63, 3.8) is 0 Å². The Kier molecular flexibility index (Phi) is 2.52. The summed E-state index contributed by atoms with van der Waals surface area (Å²) in [5.41, 5.74) is 2.36. The third kappa shape index (κ3) is 1.77. The second-order valence-corrected chi connectivity index (χ2v) is 5.33.